The molecule has 0 radical (unpaired) electrons. The molecule has 1 unspecified atom stereocenters. The Morgan fingerprint density at radius 1 is 1.43 bits per heavy atom. The molecule has 110 valence electrons. The molecule has 0 spiro atoms. The van der Waals surface area contributed by atoms with Crippen molar-refractivity contribution < 1.29 is 9.21 Å². The lowest BCUT2D eigenvalue weighted by molar-refractivity contribution is 0.0946. The van der Waals surface area contributed by atoms with E-state index in [1.54, 1.807) is 19.1 Å². The maximum atomic E-state index is 12.3. The summed E-state index contributed by atoms with van der Waals surface area (Å²) in [5, 5.41) is 6.92. The number of nitrogens with one attached hydrogen (secondary N) is 2. The summed E-state index contributed by atoms with van der Waals surface area (Å²) in [7, 11) is 0. The zero-order chi connectivity index (χ0) is 14.8. The fourth-order valence-corrected chi connectivity index (χ4v) is 2.80. The van der Waals surface area contributed by atoms with Gasteiger partial charge >= 0.3 is 5.63 Å². The van der Waals surface area contributed by atoms with Crippen molar-refractivity contribution in [3.63, 3.8) is 0 Å². The molecule has 1 aliphatic heterocycles. The highest BCUT2D eigenvalue weighted by molar-refractivity contribution is 5.99. The summed E-state index contributed by atoms with van der Waals surface area (Å²) in [6, 6.07) is 7.54. The van der Waals surface area contributed by atoms with Crippen LogP contribution in [0.1, 0.15) is 28.8 Å². The van der Waals surface area contributed by atoms with Gasteiger partial charge in [0.05, 0.1) is 0 Å². The number of carbonyl (C=O) groups is 1. The molecular formula is C16H18N2O3. The highest BCUT2D eigenvalue weighted by atomic mass is 16.4. The molecule has 2 aromatic rings. The highest BCUT2D eigenvalue weighted by Crippen LogP contribution is 2.18. The molecular weight excluding hydrogens is 268 g/mol. The molecule has 2 heterocycles. The zero-order valence-electron chi connectivity index (χ0n) is 11.9. The van der Waals surface area contributed by atoms with Crippen LogP contribution in [0.15, 0.2) is 33.5 Å². The molecule has 2 N–H and O–H groups in total. The minimum Gasteiger partial charge on any atom is -0.422 e. The maximum Gasteiger partial charge on any atom is 0.349 e. The lowest BCUT2D eigenvalue weighted by Gasteiger charge is -2.12. The van der Waals surface area contributed by atoms with Gasteiger partial charge in [-0.2, -0.15) is 0 Å². The van der Waals surface area contributed by atoms with Crippen molar-refractivity contribution in [1.29, 1.82) is 0 Å². The van der Waals surface area contributed by atoms with Crippen molar-refractivity contribution in [3.05, 3.63) is 45.8 Å². The molecule has 1 saturated heterocycles. The summed E-state index contributed by atoms with van der Waals surface area (Å²) < 4.78 is 5.23. The number of benzene rings is 1. The molecule has 0 aliphatic carbocycles. The Kier molecular flexibility index (Phi) is 3.75. The van der Waals surface area contributed by atoms with Crippen LogP contribution < -0.4 is 16.3 Å². The minimum atomic E-state index is -0.580. The van der Waals surface area contributed by atoms with Gasteiger partial charge in [0.25, 0.3) is 5.91 Å². The molecule has 1 aliphatic rings. The number of rotatable bonds is 3. The molecule has 0 saturated carbocycles. The first kappa shape index (κ1) is 13.8. The van der Waals surface area contributed by atoms with E-state index in [2.05, 4.69) is 10.6 Å². The van der Waals surface area contributed by atoms with Crippen LogP contribution >= 0.6 is 0 Å². The topological polar surface area (TPSA) is 71.3 Å². The fourth-order valence-electron chi connectivity index (χ4n) is 2.80. The van der Waals surface area contributed by atoms with Crippen molar-refractivity contribution >= 4 is 16.9 Å². The Morgan fingerprint density at radius 3 is 3.00 bits per heavy atom. The number of amides is 1. The number of hydrogen-bond donors (Lipinski definition) is 2. The van der Waals surface area contributed by atoms with E-state index in [1.807, 2.05) is 12.1 Å². The first-order valence-electron chi connectivity index (χ1n) is 7.21. The van der Waals surface area contributed by atoms with E-state index in [-0.39, 0.29) is 11.5 Å². The Morgan fingerprint density at radius 2 is 2.24 bits per heavy atom. The van der Waals surface area contributed by atoms with Crippen molar-refractivity contribution in [2.75, 3.05) is 13.1 Å². The second-order valence-corrected chi connectivity index (χ2v) is 5.39. The van der Waals surface area contributed by atoms with Gasteiger partial charge in [-0.1, -0.05) is 18.2 Å². The summed E-state index contributed by atoms with van der Waals surface area (Å²) in [6.45, 7) is 3.30. The third kappa shape index (κ3) is 2.69. The molecule has 1 amide bonds. The zero-order valence-corrected chi connectivity index (χ0v) is 11.9. The highest BCUT2D eigenvalue weighted by Gasteiger charge is 2.20. The van der Waals surface area contributed by atoms with Crippen molar-refractivity contribution in [2.24, 2.45) is 0 Å². The number of carbonyl (C=O) groups excluding carboxylic acids is 1. The monoisotopic (exact) mass is 286 g/mol. The molecule has 1 atom stereocenters. The Balaban J connectivity index is 1.88. The maximum absolute atomic E-state index is 12.3. The standard InChI is InChI=1S/C16H18N2O3/c1-10-12-6-2-3-7-13(12)21-16(20)14(10)15(19)18-9-11-5-4-8-17-11/h2-3,6-7,11,17H,4-5,8-9H2,1H3,(H,18,19). The summed E-state index contributed by atoms with van der Waals surface area (Å²) >= 11 is 0. The van der Waals surface area contributed by atoms with Gasteiger partial charge in [-0.3, -0.25) is 4.79 Å². The van der Waals surface area contributed by atoms with Gasteiger partial charge in [-0.25, -0.2) is 4.79 Å². The Hall–Kier alpha value is -2.14. The largest absolute Gasteiger partial charge is 0.422 e. The SMILES string of the molecule is Cc1c(C(=O)NCC2CCCN2)c(=O)oc2ccccc12. The van der Waals surface area contributed by atoms with Crippen LogP contribution in [0.4, 0.5) is 0 Å². The number of fused-ring (bicyclic) bond motifs is 1. The normalized spacial score (nSPS) is 18.0. The van der Waals surface area contributed by atoms with Gasteiger partial charge in [-0.15, -0.1) is 0 Å². The number of aryl methyl sites for hydroxylation is 1. The molecule has 1 aromatic carbocycles. The van der Waals surface area contributed by atoms with Crippen LogP contribution in [0.3, 0.4) is 0 Å². The van der Waals surface area contributed by atoms with E-state index >= 15 is 0 Å². The Bertz CT molecular complexity index is 730. The quantitative estimate of drug-likeness (QED) is 0.840. The van der Waals surface area contributed by atoms with Crippen molar-refractivity contribution in [2.45, 2.75) is 25.8 Å². The van der Waals surface area contributed by atoms with Crippen LogP contribution in [0.5, 0.6) is 0 Å². The molecule has 1 fully saturated rings. The third-order valence-electron chi connectivity index (χ3n) is 3.97. The number of hydrogen-bond acceptors (Lipinski definition) is 4. The number of para-hydroxylation sites is 1. The lowest BCUT2D eigenvalue weighted by Crippen LogP contribution is -2.39. The van der Waals surface area contributed by atoms with Gasteiger partial charge < -0.3 is 15.1 Å². The molecule has 0 bridgehead atoms. The van der Waals surface area contributed by atoms with Crippen LogP contribution in [0.2, 0.25) is 0 Å². The second kappa shape index (κ2) is 5.69. The van der Waals surface area contributed by atoms with Crippen molar-refractivity contribution in [1.82, 2.24) is 10.6 Å². The Labute approximate surface area is 122 Å². The smallest absolute Gasteiger partial charge is 0.349 e. The third-order valence-corrected chi connectivity index (χ3v) is 3.97. The summed E-state index contributed by atoms with van der Waals surface area (Å²) in [6.07, 6.45) is 2.17. The van der Waals surface area contributed by atoms with E-state index in [9.17, 15) is 9.59 Å². The molecule has 21 heavy (non-hydrogen) atoms. The molecule has 3 rings (SSSR count). The molecule has 5 heteroatoms. The van der Waals surface area contributed by atoms with Crippen LogP contribution in [-0.2, 0) is 0 Å². The van der Waals surface area contributed by atoms with Crippen LogP contribution in [0.25, 0.3) is 11.0 Å². The van der Waals surface area contributed by atoms with E-state index in [4.69, 9.17) is 4.42 Å². The van der Waals surface area contributed by atoms with Gasteiger partial charge in [0.1, 0.15) is 11.1 Å². The van der Waals surface area contributed by atoms with E-state index in [0.29, 0.717) is 23.7 Å². The molecule has 5 nitrogen and oxygen atoms in total. The predicted octanol–water partition coefficient (Wildman–Crippen LogP) is 1.58. The minimum absolute atomic E-state index is 0.103. The lowest BCUT2D eigenvalue weighted by atomic mass is 10.1. The van der Waals surface area contributed by atoms with Gasteiger partial charge in [0.15, 0.2) is 0 Å². The first-order chi connectivity index (χ1) is 10.2. The van der Waals surface area contributed by atoms with E-state index < -0.39 is 5.63 Å². The van der Waals surface area contributed by atoms with Gasteiger partial charge in [-0.05, 0) is 37.9 Å². The van der Waals surface area contributed by atoms with Gasteiger partial charge in [0, 0.05) is 18.0 Å². The molecule has 1 aromatic heterocycles. The van der Waals surface area contributed by atoms with Crippen molar-refractivity contribution in [3.8, 4) is 0 Å². The summed E-state index contributed by atoms with van der Waals surface area (Å²) in [5.74, 6) is -0.360. The first-order valence-corrected chi connectivity index (χ1v) is 7.21. The van der Waals surface area contributed by atoms with E-state index in [0.717, 1.165) is 24.8 Å². The van der Waals surface area contributed by atoms with Crippen LogP contribution in [-0.4, -0.2) is 25.0 Å². The van der Waals surface area contributed by atoms with E-state index in [1.165, 1.54) is 0 Å². The average molecular weight is 286 g/mol. The summed E-state index contributed by atoms with van der Waals surface area (Å²) in [4.78, 5) is 24.3. The summed E-state index contributed by atoms with van der Waals surface area (Å²) in [5.41, 5.74) is 0.697. The second-order valence-electron chi connectivity index (χ2n) is 5.39. The fraction of sp³-hybridized carbons (Fsp3) is 0.375. The van der Waals surface area contributed by atoms with Crippen LogP contribution in [0, 0.1) is 6.92 Å². The predicted molar refractivity (Wildman–Crippen MR) is 80.6 cm³/mol. The van der Waals surface area contributed by atoms with Gasteiger partial charge in [0.2, 0.25) is 0 Å². The average Bonchev–Trinajstić information content (AvgIpc) is 2.98.